The van der Waals surface area contributed by atoms with E-state index in [4.69, 9.17) is 5.11 Å². The van der Waals surface area contributed by atoms with Crippen molar-refractivity contribution < 1.29 is 9.90 Å². The van der Waals surface area contributed by atoms with Crippen molar-refractivity contribution in [3.8, 4) is 5.75 Å². The van der Waals surface area contributed by atoms with Gasteiger partial charge in [-0.15, -0.1) is 0 Å². The molecule has 0 aliphatic carbocycles. The van der Waals surface area contributed by atoms with Crippen LogP contribution in [0.15, 0.2) is 24.3 Å². The molecule has 0 spiro atoms. The Hall–Kier alpha value is -1.35. The van der Waals surface area contributed by atoms with Gasteiger partial charge in [0.2, 0.25) is 0 Å². The predicted molar refractivity (Wildman–Crippen MR) is 66.7 cm³/mol. The molecular weight excluding hydrogens is 202 g/mol. The molecule has 1 aromatic rings. The van der Waals surface area contributed by atoms with Gasteiger partial charge in [0.15, 0.2) is 0 Å². The third-order valence-corrected chi connectivity index (χ3v) is 2.22. The van der Waals surface area contributed by atoms with Crippen LogP contribution in [0.25, 0.3) is 0 Å². The van der Waals surface area contributed by atoms with Gasteiger partial charge in [0, 0.05) is 0 Å². The molecule has 0 fully saturated rings. The van der Waals surface area contributed by atoms with Crippen LogP contribution in [-0.4, -0.2) is 24.0 Å². The van der Waals surface area contributed by atoms with Crippen molar-refractivity contribution in [2.75, 3.05) is 7.05 Å². The van der Waals surface area contributed by atoms with Gasteiger partial charge in [-0.25, -0.2) is 0 Å². The number of aromatic hydroxyl groups is 1. The van der Waals surface area contributed by atoms with Crippen molar-refractivity contribution in [1.29, 1.82) is 0 Å². The molecule has 0 saturated carbocycles. The molecule has 1 aromatic carbocycles. The summed E-state index contributed by atoms with van der Waals surface area (Å²) < 4.78 is 0. The SMILES string of the molecule is CC.CN[C@@H](Cc1ccc(O)cc1)C(C)=O. The molecular formula is C13H21NO2. The van der Waals surface area contributed by atoms with E-state index in [9.17, 15) is 4.79 Å². The quantitative estimate of drug-likeness (QED) is 0.822. The van der Waals surface area contributed by atoms with E-state index in [2.05, 4.69) is 5.32 Å². The summed E-state index contributed by atoms with van der Waals surface area (Å²) >= 11 is 0. The topological polar surface area (TPSA) is 49.3 Å². The van der Waals surface area contributed by atoms with Crippen molar-refractivity contribution >= 4 is 5.78 Å². The second-order valence-corrected chi connectivity index (χ2v) is 3.32. The highest BCUT2D eigenvalue weighted by Crippen LogP contribution is 2.11. The molecule has 0 radical (unpaired) electrons. The van der Waals surface area contributed by atoms with Crippen LogP contribution in [-0.2, 0) is 11.2 Å². The lowest BCUT2D eigenvalue weighted by Crippen LogP contribution is -2.34. The first-order valence-corrected chi connectivity index (χ1v) is 5.59. The first-order chi connectivity index (χ1) is 7.63. The van der Waals surface area contributed by atoms with Crippen LogP contribution in [0.5, 0.6) is 5.75 Å². The Morgan fingerprint density at radius 2 is 1.81 bits per heavy atom. The fourth-order valence-corrected chi connectivity index (χ4v) is 1.32. The molecule has 90 valence electrons. The van der Waals surface area contributed by atoms with Crippen LogP contribution in [0.2, 0.25) is 0 Å². The number of ketones is 1. The van der Waals surface area contributed by atoms with Gasteiger partial charge in [-0.2, -0.15) is 0 Å². The number of Topliss-reactive ketones (excluding diaryl/α,β-unsaturated/α-hetero) is 1. The molecule has 1 rings (SSSR count). The van der Waals surface area contributed by atoms with E-state index in [1.165, 1.54) is 0 Å². The van der Waals surface area contributed by atoms with E-state index in [-0.39, 0.29) is 17.6 Å². The van der Waals surface area contributed by atoms with E-state index in [0.29, 0.717) is 6.42 Å². The lowest BCUT2D eigenvalue weighted by atomic mass is 10.0. The summed E-state index contributed by atoms with van der Waals surface area (Å²) in [6.07, 6.45) is 0.659. The Kier molecular flexibility index (Phi) is 7.21. The number of hydrogen-bond donors (Lipinski definition) is 2. The third kappa shape index (κ3) is 4.94. The minimum absolute atomic E-state index is 0.126. The number of phenols is 1. The smallest absolute Gasteiger partial charge is 0.147 e. The standard InChI is InChI=1S/C11H15NO2.C2H6/c1-8(13)11(12-2)7-9-3-5-10(14)6-4-9;1-2/h3-6,11-12,14H,7H2,1-2H3;1-2H3/t11-;/m0./s1. The lowest BCUT2D eigenvalue weighted by molar-refractivity contribution is -0.118. The summed E-state index contributed by atoms with van der Waals surface area (Å²) in [5, 5.41) is 12.0. The average Bonchev–Trinajstić information content (AvgIpc) is 2.30. The number of phenolic OH excluding ortho intramolecular Hbond substituents is 1. The van der Waals surface area contributed by atoms with Gasteiger partial charge in [0.25, 0.3) is 0 Å². The number of benzene rings is 1. The third-order valence-electron chi connectivity index (χ3n) is 2.22. The van der Waals surface area contributed by atoms with Crippen LogP contribution in [0.1, 0.15) is 26.3 Å². The molecule has 0 aliphatic rings. The second kappa shape index (κ2) is 7.88. The fraction of sp³-hybridized carbons (Fsp3) is 0.462. The monoisotopic (exact) mass is 223 g/mol. The Morgan fingerprint density at radius 3 is 2.19 bits per heavy atom. The first-order valence-electron chi connectivity index (χ1n) is 5.59. The Bertz CT molecular complexity index is 306. The number of carbonyl (C=O) groups is 1. The van der Waals surface area contributed by atoms with Crippen molar-refractivity contribution in [3.05, 3.63) is 29.8 Å². The molecule has 0 aliphatic heterocycles. The van der Waals surface area contributed by atoms with Gasteiger partial charge in [-0.3, -0.25) is 4.79 Å². The number of likely N-dealkylation sites (N-methyl/N-ethyl adjacent to an activating group) is 1. The van der Waals surface area contributed by atoms with Crippen molar-refractivity contribution in [3.63, 3.8) is 0 Å². The molecule has 0 bridgehead atoms. The number of rotatable bonds is 4. The van der Waals surface area contributed by atoms with E-state index in [0.717, 1.165) is 5.56 Å². The minimum Gasteiger partial charge on any atom is -0.508 e. The van der Waals surface area contributed by atoms with Gasteiger partial charge in [0.1, 0.15) is 11.5 Å². The van der Waals surface area contributed by atoms with Gasteiger partial charge < -0.3 is 10.4 Å². The molecule has 0 heterocycles. The first kappa shape index (κ1) is 14.6. The van der Waals surface area contributed by atoms with Crippen LogP contribution in [0, 0.1) is 0 Å². The minimum atomic E-state index is -0.139. The van der Waals surface area contributed by atoms with E-state index >= 15 is 0 Å². The average molecular weight is 223 g/mol. The summed E-state index contributed by atoms with van der Waals surface area (Å²) in [5.74, 6) is 0.373. The maximum absolute atomic E-state index is 11.1. The largest absolute Gasteiger partial charge is 0.508 e. The van der Waals surface area contributed by atoms with E-state index in [1.807, 2.05) is 26.0 Å². The summed E-state index contributed by atoms with van der Waals surface area (Å²) in [4.78, 5) is 11.1. The molecule has 0 saturated heterocycles. The zero-order valence-corrected chi connectivity index (χ0v) is 10.4. The molecule has 3 nitrogen and oxygen atoms in total. The molecule has 0 amide bonds. The van der Waals surface area contributed by atoms with Crippen LogP contribution in [0.4, 0.5) is 0 Å². The van der Waals surface area contributed by atoms with Gasteiger partial charge in [-0.1, -0.05) is 26.0 Å². The van der Waals surface area contributed by atoms with Gasteiger partial charge in [-0.05, 0) is 38.1 Å². The highest BCUT2D eigenvalue weighted by molar-refractivity contribution is 5.81. The zero-order chi connectivity index (χ0) is 12.6. The number of carbonyl (C=O) groups excluding carboxylic acids is 1. The van der Waals surface area contributed by atoms with Crippen molar-refractivity contribution in [2.24, 2.45) is 0 Å². The summed E-state index contributed by atoms with van der Waals surface area (Å²) in [6, 6.07) is 6.76. The predicted octanol–water partition coefficient (Wildman–Crippen LogP) is 2.14. The highest BCUT2D eigenvalue weighted by atomic mass is 16.3. The van der Waals surface area contributed by atoms with Crippen molar-refractivity contribution in [2.45, 2.75) is 33.2 Å². The molecule has 1 atom stereocenters. The van der Waals surface area contributed by atoms with Crippen LogP contribution < -0.4 is 5.32 Å². The molecule has 0 unspecified atom stereocenters. The fourth-order valence-electron chi connectivity index (χ4n) is 1.32. The zero-order valence-electron chi connectivity index (χ0n) is 10.4. The summed E-state index contributed by atoms with van der Waals surface area (Å²) in [7, 11) is 1.77. The van der Waals surface area contributed by atoms with E-state index in [1.54, 1.807) is 26.1 Å². The second-order valence-electron chi connectivity index (χ2n) is 3.32. The Balaban J connectivity index is 0.00000106. The maximum atomic E-state index is 11.1. The molecule has 0 aromatic heterocycles. The number of nitrogens with one attached hydrogen (secondary N) is 1. The van der Waals surface area contributed by atoms with Crippen LogP contribution >= 0.6 is 0 Å². The molecule has 2 N–H and O–H groups in total. The van der Waals surface area contributed by atoms with Gasteiger partial charge in [0.05, 0.1) is 6.04 Å². The van der Waals surface area contributed by atoms with E-state index < -0.39 is 0 Å². The Morgan fingerprint density at radius 1 is 1.31 bits per heavy atom. The highest BCUT2D eigenvalue weighted by Gasteiger charge is 2.11. The Labute approximate surface area is 97.5 Å². The number of hydrogen-bond acceptors (Lipinski definition) is 3. The molecule has 16 heavy (non-hydrogen) atoms. The maximum Gasteiger partial charge on any atom is 0.147 e. The molecule has 3 heteroatoms. The normalized spacial score (nSPS) is 11.2. The lowest BCUT2D eigenvalue weighted by Gasteiger charge is -2.12. The van der Waals surface area contributed by atoms with Crippen LogP contribution in [0.3, 0.4) is 0 Å². The van der Waals surface area contributed by atoms with Crippen molar-refractivity contribution in [1.82, 2.24) is 5.32 Å². The summed E-state index contributed by atoms with van der Waals surface area (Å²) in [5.41, 5.74) is 1.04. The van der Waals surface area contributed by atoms with Gasteiger partial charge >= 0.3 is 0 Å². The summed E-state index contributed by atoms with van der Waals surface area (Å²) in [6.45, 7) is 5.57.